The summed E-state index contributed by atoms with van der Waals surface area (Å²) in [4.78, 5) is 12.2. The van der Waals surface area contributed by atoms with Crippen LogP contribution in [-0.4, -0.2) is 18.9 Å². The molecule has 19 heavy (non-hydrogen) atoms. The Bertz CT molecular complexity index is 437. The summed E-state index contributed by atoms with van der Waals surface area (Å²) in [6.07, 6.45) is 0.572. The zero-order valence-corrected chi connectivity index (χ0v) is 12.5. The maximum Gasteiger partial charge on any atom is 0.140 e. The highest BCUT2D eigenvalue weighted by molar-refractivity contribution is 5.83. The number of rotatable bonds is 4. The average Bonchev–Trinajstić information content (AvgIpc) is 2.26. The van der Waals surface area contributed by atoms with Gasteiger partial charge in [-0.15, -0.1) is 0 Å². The fourth-order valence-corrected chi connectivity index (χ4v) is 2.41. The number of carbonyl (C=O) groups excluding carboxylic acids is 1. The summed E-state index contributed by atoms with van der Waals surface area (Å²) in [5.74, 6) is 1.10. The van der Waals surface area contributed by atoms with Crippen molar-refractivity contribution in [3.05, 3.63) is 35.4 Å². The Morgan fingerprint density at radius 3 is 2.26 bits per heavy atom. The zero-order chi connectivity index (χ0) is 14.0. The van der Waals surface area contributed by atoms with Crippen LogP contribution in [-0.2, 0) is 16.6 Å². The van der Waals surface area contributed by atoms with Crippen molar-refractivity contribution in [1.29, 1.82) is 0 Å². The molecule has 2 nitrogen and oxygen atoms in total. The minimum Gasteiger partial charge on any atom is -0.316 e. The van der Waals surface area contributed by atoms with Gasteiger partial charge in [-0.1, -0.05) is 52.0 Å². The lowest BCUT2D eigenvalue weighted by atomic mass is 9.83. The zero-order valence-electron chi connectivity index (χ0n) is 12.5. The van der Waals surface area contributed by atoms with E-state index in [1.807, 2.05) is 0 Å². The summed E-state index contributed by atoms with van der Waals surface area (Å²) in [6, 6.07) is 8.50. The van der Waals surface area contributed by atoms with Crippen LogP contribution in [0.25, 0.3) is 0 Å². The van der Waals surface area contributed by atoms with Crippen molar-refractivity contribution in [2.24, 2.45) is 11.8 Å². The number of Topliss-reactive ketones (excluding diaryl/α,β-unsaturated/α-hetero) is 1. The Morgan fingerprint density at radius 1 is 1.26 bits per heavy atom. The van der Waals surface area contributed by atoms with E-state index in [4.69, 9.17) is 0 Å². The van der Waals surface area contributed by atoms with Gasteiger partial charge in [0.25, 0.3) is 0 Å². The predicted molar refractivity (Wildman–Crippen MR) is 79.4 cm³/mol. The SMILES string of the molecule is CC(C(=O)Cc1ccc(C(C)(C)C)cc1)C1CNC1. The minimum atomic E-state index is 0.174. The van der Waals surface area contributed by atoms with Gasteiger partial charge >= 0.3 is 0 Å². The summed E-state index contributed by atoms with van der Waals surface area (Å²) < 4.78 is 0. The van der Waals surface area contributed by atoms with Gasteiger partial charge in [0.05, 0.1) is 0 Å². The Balaban J connectivity index is 1.97. The van der Waals surface area contributed by atoms with E-state index in [9.17, 15) is 4.79 Å². The molecule has 0 amide bonds. The summed E-state index contributed by atoms with van der Waals surface area (Å²) in [5, 5.41) is 3.23. The van der Waals surface area contributed by atoms with Gasteiger partial charge in [-0.25, -0.2) is 0 Å². The molecule has 1 unspecified atom stereocenters. The standard InChI is InChI=1S/C17H25NO/c1-12(14-10-18-11-14)16(19)9-13-5-7-15(8-6-13)17(2,3)4/h5-8,12,14,18H,9-11H2,1-4H3. The van der Waals surface area contributed by atoms with Crippen LogP contribution in [0, 0.1) is 11.8 Å². The molecule has 1 N–H and O–H groups in total. The van der Waals surface area contributed by atoms with E-state index in [-0.39, 0.29) is 11.3 Å². The van der Waals surface area contributed by atoms with Crippen LogP contribution in [0.2, 0.25) is 0 Å². The van der Waals surface area contributed by atoms with Crippen molar-refractivity contribution >= 4 is 5.78 Å². The van der Waals surface area contributed by atoms with E-state index in [2.05, 4.69) is 57.3 Å². The third-order valence-corrected chi connectivity index (χ3v) is 4.23. The molecule has 1 aromatic carbocycles. The van der Waals surface area contributed by atoms with Crippen molar-refractivity contribution in [3.8, 4) is 0 Å². The maximum atomic E-state index is 12.2. The van der Waals surface area contributed by atoms with Crippen LogP contribution in [0.4, 0.5) is 0 Å². The van der Waals surface area contributed by atoms with Gasteiger partial charge in [-0.2, -0.15) is 0 Å². The lowest BCUT2D eigenvalue weighted by molar-refractivity contribution is -0.123. The smallest absolute Gasteiger partial charge is 0.140 e. The Labute approximate surface area is 116 Å². The second kappa shape index (κ2) is 5.46. The van der Waals surface area contributed by atoms with Gasteiger partial charge in [0.15, 0.2) is 0 Å². The lowest BCUT2D eigenvalue weighted by Gasteiger charge is -2.31. The van der Waals surface area contributed by atoms with Crippen LogP contribution >= 0.6 is 0 Å². The molecule has 0 aliphatic carbocycles. The molecule has 2 rings (SSSR count). The minimum absolute atomic E-state index is 0.174. The number of nitrogens with one attached hydrogen (secondary N) is 1. The maximum absolute atomic E-state index is 12.2. The first kappa shape index (κ1) is 14.3. The van der Waals surface area contributed by atoms with E-state index in [0.717, 1.165) is 18.7 Å². The largest absolute Gasteiger partial charge is 0.316 e. The number of benzene rings is 1. The quantitative estimate of drug-likeness (QED) is 0.900. The fraction of sp³-hybridized carbons (Fsp3) is 0.588. The molecule has 0 saturated carbocycles. The molecule has 1 aliphatic rings. The molecular formula is C17H25NO. The number of hydrogen-bond donors (Lipinski definition) is 1. The third-order valence-electron chi connectivity index (χ3n) is 4.23. The van der Waals surface area contributed by atoms with Gasteiger partial charge in [0.1, 0.15) is 5.78 Å². The molecule has 2 heteroatoms. The number of ketones is 1. The van der Waals surface area contributed by atoms with E-state index in [1.54, 1.807) is 0 Å². The van der Waals surface area contributed by atoms with Crippen LogP contribution in [0.5, 0.6) is 0 Å². The highest BCUT2D eigenvalue weighted by Crippen LogP contribution is 2.23. The Morgan fingerprint density at radius 2 is 1.84 bits per heavy atom. The summed E-state index contributed by atoms with van der Waals surface area (Å²) in [5.41, 5.74) is 2.63. The van der Waals surface area contributed by atoms with Crippen LogP contribution in [0.15, 0.2) is 24.3 Å². The first-order valence-electron chi connectivity index (χ1n) is 7.21. The molecular weight excluding hydrogens is 234 g/mol. The first-order valence-corrected chi connectivity index (χ1v) is 7.21. The van der Waals surface area contributed by atoms with E-state index in [0.29, 0.717) is 18.1 Å². The molecule has 0 radical (unpaired) electrons. The topological polar surface area (TPSA) is 29.1 Å². The highest BCUT2D eigenvalue weighted by Gasteiger charge is 2.28. The fourth-order valence-electron chi connectivity index (χ4n) is 2.41. The molecule has 0 bridgehead atoms. The van der Waals surface area contributed by atoms with Crippen LogP contribution in [0.1, 0.15) is 38.8 Å². The van der Waals surface area contributed by atoms with E-state index >= 15 is 0 Å². The van der Waals surface area contributed by atoms with Crippen LogP contribution < -0.4 is 5.32 Å². The van der Waals surface area contributed by atoms with E-state index < -0.39 is 0 Å². The van der Waals surface area contributed by atoms with Gasteiger partial charge < -0.3 is 5.32 Å². The second-order valence-corrected chi connectivity index (χ2v) is 6.80. The highest BCUT2D eigenvalue weighted by atomic mass is 16.1. The molecule has 104 valence electrons. The Hall–Kier alpha value is -1.15. The summed E-state index contributed by atoms with van der Waals surface area (Å²) in [7, 11) is 0. The molecule has 1 aliphatic heterocycles. The molecule has 1 atom stereocenters. The van der Waals surface area contributed by atoms with E-state index in [1.165, 1.54) is 5.56 Å². The monoisotopic (exact) mass is 259 g/mol. The summed E-state index contributed by atoms with van der Waals surface area (Å²) in [6.45, 7) is 10.7. The van der Waals surface area contributed by atoms with Crippen molar-refractivity contribution in [3.63, 3.8) is 0 Å². The molecule has 0 aromatic heterocycles. The molecule has 1 fully saturated rings. The molecule has 1 saturated heterocycles. The number of hydrogen-bond acceptors (Lipinski definition) is 2. The normalized spacial score (nSPS) is 17.9. The van der Waals surface area contributed by atoms with Gasteiger partial charge in [0.2, 0.25) is 0 Å². The predicted octanol–water partition coefficient (Wildman–Crippen LogP) is 2.95. The lowest BCUT2D eigenvalue weighted by Crippen LogP contribution is -2.47. The van der Waals surface area contributed by atoms with Crippen molar-refractivity contribution in [1.82, 2.24) is 5.32 Å². The van der Waals surface area contributed by atoms with Crippen molar-refractivity contribution < 1.29 is 4.79 Å². The second-order valence-electron chi connectivity index (χ2n) is 6.80. The van der Waals surface area contributed by atoms with Crippen molar-refractivity contribution in [2.75, 3.05) is 13.1 Å². The Kier molecular flexibility index (Phi) is 4.10. The van der Waals surface area contributed by atoms with Gasteiger partial charge in [-0.3, -0.25) is 4.79 Å². The molecule has 1 heterocycles. The molecule has 0 spiro atoms. The third kappa shape index (κ3) is 3.44. The van der Waals surface area contributed by atoms with Gasteiger partial charge in [-0.05, 0) is 35.5 Å². The molecule has 1 aromatic rings. The number of carbonyl (C=O) groups is 1. The summed E-state index contributed by atoms with van der Waals surface area (Å²) >= 11 is 0. The van der Waals surface area contributed by atoms with Crippen molar-refractivity contribution in [2.45, 2.75) is 39.5 Å². The first-order chi connectivity index (χ1) is 8.88. The van der Waals surface area contributed by atoms with Crippen LogP contribution in [0.3, 0.4) is 0 Å². The average molecular weight is 259 g/mol. The van der Waals surface area contributed by atoms with Gasteiger partial charge in [0, 0.05) is 12.3 Å².